The van der Waals surface area contributed by atoms with Crippen LogP contribution in [0.1, 0.15) is 20.3 Å². The van der Waals surface area contributed by atoms with Gasteiger partial charge in [-0.1, -0.05) is 13.8 Å². The molecule has 0 aliphatic carbocycles. The Morgan fingerprint density at radius 2 is 1.89 bits per heavy atom. The van der Waals surface area contributed by atoms with Gasteiger partial charge in [0.1, 0.15) is 6.04 Å². The van der Waals surface area contributed by atoms with E-state index in [0.29, 0.717) is 0 Å². The van der Waals surface area contributed by atoms with Crippen molar-refractivity contribution in [2.24, 2.45) is 5.92 Å². The Labute approximate surface area is 103 Å². The number of carbonyl (C=O) groups is 1. The summed E-state index contributed by atoms with van der Waals surface area (Å²) in [6, 6.07) is 0.670. The predicted molar refractivity (Wildman–Crippen MR) is 60.8 cm³/mol. The zero-order chi connectivity index (χ0) is 13.9. The predicted octanol–water partition coefficient (Wildman–Crippen LogP) is 3.02. The van der Waals surface area contributed by atoms with E-state index in [2.05, 4.69) is 5.32 Å². The van der Waals surface area contributed by atoms with Crippen LogP contribution < -0.4 is 5.32 Å². The molecule has 1 unspecified atom stereocenters. The maximum absolute atomic E-state index is 13.4. The first-order valence-corrected chi connectivity index (χ1v) is 5.45. The second-order valence-corrected chi connectivity index (χ2v) is 4.39. The second-order valence-electron chi connectivity index (χ2n) is 4.39. The molecule has 2 N–H and O–H groups in total. The van der Waals surface area contributed by atoms with E-state index >= 15 is 0 Å². The van der Waals surface area contributed by atoms with Crippen LogP contribution in [0, 0.1) is 23.4 Å². The van der Waals surface area contributed by atoms with Crippen molar-refractivity contribution in [1.82, 2.24) is 0 Å². The monoisotopic (exact) mass is 261 g/mol. The lowest BCUT2D eigenvalue weighted by atomic mass is 10.0. The summed E-state index contributed by atoms with van der Waals surface area (Å²) in [5.74, 6) is -5.45. The van der Waals surface area contributed by atoms with E-state index in [0.717, 1.165) is 12.1 Å². The molecule has 0 aliphatic rings. The summed E-state index contributed by atoms with van der Waals surface area (Å²) in [5, 5.41) is 11.3. The Morgan fingerprint density at radius 1 is 1.28 bits per heavy atom. The Kier molecular flexibility index (Phi) is 4.58. The topological polar surface area (TPSA) is 49.3 Å². The normalized spacial score (nSPS) is 12.6. The maximum Gasteiger partial charge on any atom is 0.326 e. The van der Waals surface area contributed by atoms with Crippen LogP contribution in [-0.2, 0) is 4.79 Å². The van der Waals surface area contributed by atoms with Crippen LogP contribution in [0.15, 0.2) is 12.1 Å². The fraction of sp³-hybridized carbons (Fsp3) is 0.417. The van der Waals surface area contributed by atoms with Gasteiger partial charge >= 0.3 is 5.97 Å². The average molecular weight is 261 g/mol. The molecule has 0 aromatic heterocycles. The van der Waals surface area contributed by atoms with Crippen molar-refractivity contribution in [2.75, 3.05) is 5.32 Å². The van der Waals surface area contributed by atoms with Gasteiger partial charge in [-0.05, 0) is 24.5 Å². The first kappa shape index (κ1) is 14.3. The van der Waals surface area contributed by atoms with Gasteiger partial charge in [0.25, 0.3) is 0 Å². The minimum atomic E-state index is -1.62. The van der Waals surface area contributed by atoms with Crippen LogP contribution in [-0.4, -0.2) is 17.1 Å². The van der Waals surface area contributed by atoms with Crippen molar-refractivity contribution in [3.63, 3.8) is 0 Å². The van der Waals surface area contributed by atoms with Crippen LogP contribution in [0.25, 0.3) is 0 Å². The lowest BCUT2D eigenvalue weighted by Gasteiger charge is -2.18. The summed E-state index contributed by atoms with van der Waals surface area (Å²) in [5.41, 5.74) is -0.359. The number of carboxylic acids is 1. The molecule has 0 heterocycles. The number of halogens is 3. The smallest absolute Gasteiger partial charge is 0.326 e. The molecule has 0 aliphatic heterocycles. The second kappa shape index (κ2) is 5.75. The molecule has 0 spiro atoms. The maximum atomic E-state index is 13.4. The molecular formula is C12H14F3NO2. The standard InChI is InChI=1S/C12H14F3NO2/c1-6(2)5-9(12(17)18)16-8-4-3-7(13)10(14)11(8)15/h3-4,6,9,16H,5H2,1-2H3,(H,17,18). The summed E-state index contributed by atoms with van der Waals surface area (Å²) in [6.45, 7) is 3.61. The fourth-order valence-electron chi connectivity index (χ4n) is 1.52. The van der Waals surface area contributed by atoms with Gasteiger partial charge in [0, 0.05) is 0 Å². The molecule has 3 nitrogen and oxygen atoms in total. The van der Waals surface area contributed by atoms with E-state index in [4.69, 9.17) is 5.11 Å². The molecule has 0 radical (unpaired) electrons. The summed E-state index contributed by atoms with van der Waals surface area (Å²) in [7, 11) is 0. The highest BCUT2D eigenvalue weighted by Gasteiger charge is 2.22. The van der Waals surface area contributed by atoms with Crippen molar-refractivity contribution in [3.8, 4) is 0 Å². The summed E-state index contributed by atoms with van der Waals surface area (Å²) in [4.78, 5) is 10.9. The van der Waals surface area contributed by atoms with Gasteiger partial charge in [0.2, 0.25) is 0 Å². The summed E-state index contributed by atoms with van der Waals surface area (Å²) in [6.07, 6.45) is 0.244. The Hall–Kier alpha value is -1.72. The van der Waals surface area contributed by atoms with Crippen molar-refractivity contribution >= 4 is 11.7 Å². The van der Waals surface area contributed by atoms with Crippen LogP contribution in [0.3, 0.4) is 0 Å². The molecule has 1 aromatic carbocycles. The van der Waals surface area contributed by atoms with Gasteiger partial charge in [0.15, 0.2) is 17.5 Å². The third kappa shape index (κ3) is 3.38. The van der Waals surface area contributed by atoms with Gasteiger partial charge in [-0.15, -0.1) is 0 Å². The molecule has 1 atom stereocenters. The lowest BCUT2D eigenvalue weighted by molar-refractivity contribution is -0.138. The molecule has 100 valence electrons. The van der Waals surface area contributed by atoms with E-state index in [9.17, 15) is 18.0 Å². The van der Waals surface area contributed by atoms with Gasteiger partial charge in [-0.2, -0.15) is 0 Å². The van der Waals surface area contributed by atoms with Crippen molar-refractivity contribution in [3.05, 3.63) is 29.6 Å². The van der Waals surface area contributed by atoms with E-state index in [-0.39, 0.29) is 18.0 Å². The number of hydrogen-bond acceptors (Lipinski definition) is 2. The zero-order valence-electron chi connectivity index (χ0n) is 10.0. The van der Waals surface area contributed by atoms with Gasteiger partial charge in [-0.3, -0.25) is 0 Å². The Balaban J connectivity index is 2.94. The first-order chi connectivity index (χ1) is 8.32. The number of carboxylic acid groups (broad SMARTS) is 1. The summed E-state index contributed by atoms with van der Waals surface area (Å²) >= 11 is 0. The van der Waals surface area contributed by atoms with E-state index in [1.54, 1.807) is 13.8 Å². The third-order valence-corrected chi connectivity index (χ3v) is 2.37. The molecule has 18 heavy (non-hydrogen) atoms. The number of benzene rings is 1. The molecule has 1 aromatic rings. The molecular weight excluding hydrogens is 247 g/mol. The molecule has 0 saturated carbocycles. The largest absolute Gasteiger partial charge is 0.480 e. The number of anilines is 1. The molecule has 1 rings (SSSR count). The lowest BCUT2D eigenvalue weighted by Crippen LogP contribution is -2.31. The Morgan fingerprint density at radius 3 is 2.39 bits per heavy atom. The SMILES string of the molecule is CC(C)CC(Nc1ccc(F)c(F)c1F)C(=O)O. The number of aliphatic carboxylic acids is 1. The Bertz CT molecular complexity index is 449. The minimum Gasteiger partial charge on any atom is -0.480 e. The van der Waals surface area contributed by atoms with E-state index < -0.39 is 29.5 Å². The van der Waals surface area contributed by atoms with Crippen LogP contribution >= 0.6 is 0 Å². The van der Waals surface area contributed by atoms with Gasteiger partial charge in [0.05, 0.1) is 5.69 Å². The highest BCUT2D eigenvalue weighted by atomic mass is 19.2. The zero-order valence-corrected chi connectivity index (χ0v) is 10.0. The van der Waals surface area contributed by atoms with Gasteiger partial charge < -0.3 is 10.4 Å². The van der Waals surface area contributed by atoms with E-state index in [1.165, 1.54) is 0 Å². The van der Waals surface area contributed by atoms with Crippen LogP contribution in [0.4, 0.5) is 18.9 Å². The number of hydrogen-bond donors (Lipinski definition) is 2. The van der Waals surface area contributed by atoms with Crippen molar-refractivity contribution in [2.45, 2.75) is 26.3 Å². The number of rotatable bonds is 5. The van der Waals surface area contributed by atoms with Crippen molar-refractivity contribution in [1.29, 1.82) is 0 Å². The van der Waals surface area contributed by atoms with Crippen LogP contribution in [0.2, 0.25) is 0 Å². The molecule has 0 bridgehead atoms. The molecule has 0 fully saturated rings. The number of nitrogens with one attached hydrogen (secondary N) is 1. The first-order valence-electron chi connectivity index (χ1n) is 5.45. The highest BCUT2D eigenvalue weighted by molar-refractivity contribution is 5.77. The fourth-order valence-corrected chi connectivity index (χ4v) is 1.52. The van der Waals surface area contributed by atoms with Crippen molar-refractivity contribution < 1.29 is 23.1 Å². The quantitative estimate of drug-likeness (QED) is 0.801. The third-order valence-electron chi connectivity index (χ3n) is 2.37. The van der Waals surface area contributed by atoms with E-state index in [1.807, 2.05) is 0 Å². The average Bonchev–Trinajstić information content (AvgIpc) is 2.28. The minimum absolute atomic E-state index is 0.0620. The highest BCUT2D eigenvalue weighted by Crippen LogP contribution is 2.21. The molecule has 6 heteroatoms. The van der Waals surface area contributed by atoms with Gasteiger partial charge in [-0.25, -0.2) is 18.0 Å². The molecule has 0 saturated heterocycles. The summed E-state index contributed by atoms with van der Waals surface area (Å²) < 4.78 is 39.0. The van der Waals surface area contributed by atoms with Crippen LogP contribution in [0.5, 0.6) is 0 Å². The molecule has 0 amide bonds.